The lowest BCUT2D eigenvalue weighted by atomic mass is 9.96. The molecule has 9 heteroatoms. The number of piperidine rings is 1. The van der Waals surface area contributed by atoms with Crippen LogP contribution in [0, 0.1) is 5.92 Å². The van der Waals surface area contributed by atoms with Gasteiger partial charge in [0.15, 0.2) is 12.4 Å². The molecule has 1 fully saturated rings. The number of carbonyl (C=O) groups excluding carboxylic acids is 4. The van der Waals surface area contributed by atoms with Gasteiger partial charge in [0, 0.05) is 19.0 Å². The molecule has 3 amide bonds. The molecule has 0 radical (unpaired) electrons. The lowest BCUT2D eigenvalue weighted by Crippen LogP contribution is -2.43. The molecule has 1 aliphatic rings. The van der Waals surface area contributed by atoms with Crippen LogP contribution >= 0.6 is 0 Å². The third kappa shape index (κ3) is 5.01. The first-order valence-corrected chi connectivity index (χ1v) is 9.14. The Balaban J connectivity index is 1.56. The van der Waals surface area contributed by atoms with E-state index in [2.05, 4.69) is 5.32 Å². The van der Waals surface area contributed by atoms with Gasteiger partial charge in [0.2, 0.25) is 5.91 Å². The normalized spacial score (nSPS) is 14.3. The van der Waals surface area contributed by atoms with Gasteiger partial charge in [-0.2, -0.15) is 0 Å². The molecule has 0 bridgehead atoms. The zero-order valence-corrected chi connectivity index (χ0v) is 15.6. The molecule has 1 aromatic carbocycles. The van der Waals surface area contributed by atoms with Crippen molar-refractivity contribution < 1.29 is 28.3 Å². The molecule has 1 saturated heterocycles. The van der Waals surface area contributed by atoms with Gasteiger partial charge in [0.05, 0.1) is 17.5 Å². The van der Waals surface area contributed by atoms with Gasteiger partial charge in [0.1, 0.15) is 0 Å². The van der Waals surface area contributed by atoms with Crippen LogP contribution in [0.5, 0.6) is 0 Å². The van der Waals surface area contributed by atoms with E-state index in [1.165, 1.54) is 23.3 Å². The van der Waals surface area contributed by atoms with Crippen LogP contribution in [0.1, 0.15) is 33.8 Å². The molecular formula is C20H21N3O6. The van der Waals surface area contributed by atoms with Gasteiger partial charge < -0.3 is 25.1 Å². The predicted molar refractivity (Wildman–Crippen MR) is 102 cm³/mol. The molecule has 152 valence electrons. The summed E-state index contributed by atoms with van der Waals surface area (Å²) in [6.07, 6.45) is 2.36. The Bertz CT molecular complexity index is 901. The number of primary amides is 1. The van der Waals surface area contributed by atoms with Gasteiger partial charge in [-0.05, 0) is 37.1 Å². The number of likely N-dealkylation sites (tertiary alicyclic amines) is 1. The summed E-state index contributed by atoms with van der Waals surface area (Å²) in [5.41, 5.74) is 5.65. The number of benzene rings is 1. The molecule has 1 aliphatic heterocycles. The first-order chi connectivity index (χ1) is 14.0. The van der Waals surface area contributed by atoms with Gasteiger partial charge in [-0.15, -0.1) is 0 Å². The van der Waals surface area contributed by atoms with Crippen LogP contribution in [-0.4, -0.2) is 48.3 Å². The van der Waals surface area contributed by atoms with Crippen LogP contribution in [0.15, 0.2) is 47.1 Å². The molecule has 29 heavy (non-hydrogen) atoms. The van der Waals surface area contributed by atoms with Gasteiger partial charge in [0.25, 0.3) is 11.8 Å². The number of nitrogens with zero attached hydrogens (tertiary/aromatic N) is 1. The van der Waals surface area contributed by atoms with E-state index in [4.69, 9.17) is 14.9 Å². The number of anilines is 1. The van der Waals surface area contributed by atoms with Crippen molar-refractivity contribution in [2.24, 2.45) is 11.7 Å². The monoisotopic (exact) mass is 399 g/mol. The van der Waals surface area contributed by atoms with Crippen molar-refractivity contribution in [3.05, 3.63) is 54.0 Å². The first kappa shape index (κ1) is 20.1. The minimum atomic E-state index is -0.735. The third-order valence-corrected chi connectivity index (χ3v) is 4.72. The average Bonchev–Trinajstić information content (AvgIpc) is 3.27. The minimum Gasteiger partial charge on any atom is -0.459 e. The lowest BCUT2D eigenvalue weighted by Gasteiger charge is -2.30. The van der Waals surface area contributed by atoms with E-state index in [-0.39, 0.29) is 34.7 Å². The largest absolute Gasteiger partial charge is 0.459 e. The summed E-state index contributed by atoms with van der Waals surface area (Å²) in [6, 6.07) is 9.39. The van der Waals surface area contributed by atoms with E-state index >= 15 is 0 Å². The first-order valence-electron chi connectivity index (χ1n) is 9.14. The molecule has 0 spiro atoms. The number of para-hydroxylation sites is 1. The molecule has 2 aromatic rings. The van der Waals surface area contributed by atoms with Gasteiger partial charge in [-0.3, -0.25) is 14.4 Å². The number of nitrogens with one attached hydrogen (secondary N) is 1. The highest BCUT2D eigenvalue weighted by molar-refractivity contribution is 6.06. The van der Waals surface area contributed by atoms with E-state index in [1.54, 1.807) is 24.3 Å². The number of esters is 1. The fraction of sp³-hybridized carbons (Fsp3) is 0.300. The molecule has 9 nitrogen and oxygen atoms in total. The Morgan fingerprint density at radius 3 is 2.48 bits per heavy atom. The zero-order chi connectivity index (χ0) is 20.8. The van der Waals surface area contributed by atoms with E-state index < -0.39 is 18.5 Å². The molecule has 0 unspecified atom stereocenters. The minimum absolute atomic E-state index is 0.0997. The highest BCUT2D eigenvalue weighted by Crippen LogP contribution is 2.19. The maximum Gasteiger partial charge on any atom is 0.340 e. The summed E-state index contributed by atoms with van der Waals surface area (Å²) in [6.45, 7) is 0.347. The second kappa shape index (κ2) is 9.05. The van der Waals surface area contributed by atoms with Crippen molar-refractivity contribution in [1.82, 2.24) is 4.90 Å². The Morgan fingerprint density at radius 1 is 1.10 bits per heavy atom. The summed E-state index contributed by atoms with van der Waals surface area (Å²) < 4.78 is 10.2. The maximum absolute atomic E-state index is 12.4. The van der Waals surface area contributed by atoms with E-state index in [0.29, 0.717) is 25.9 Å². The Morgan fingerprint density at radius 2 is 1.83 bits per heavy atom. The second-order valence-electron chi connectivity index (χ2n) is 6.61. The second-order valence-corrected chi connectivity index (χ2v) is 6.61. The summed E-state index contributed by atoms with van der Waals surface area (Å²) in [5.74, 6) is -2.09. The maximum atomic E-state index is 12.4. The van der Waals surface area contributed by atoms with Crippen LogP contribution in [0.2, 0.25) is 0 Å². The van der Waals surface area contributed by atoms with Crippen molar-refractivity contribution in [2.75, 3.05) is 25.0 Å². The van der Waals surface area contributed by atoms with Gasteiger partial charge in [-0.1, -0.05) is 12.1 Å². The Labute approximate surface area is 166 Å². The van der Waals surface area contributed by atoms with Crippen LogP contribution in [0.4, 0.5) is 5.69 Å². The number of nitrogens with two attached hydrogens (primary N) is 1. The van der Waals surface area contributed by atoms with Crippen LogP contribution < -0.4 is 11.1 Å². The Hall–Kier alpha value is -3.62. The molecule has 0 aliphatic carbocycles. The highest BCUT2D eigenvalue weighted by atomic mass is 16.5. The topological polar surface area (TPSA) is 132 Å². The zero-order valence-electron chi connectivity index (χ0n) is 15.6. The number of amides is 3. The van der Waals surface area contributed by atoms with Crippen LogP contribution in [0.25, 0.3) is 0 Å². The third-order valence-electron chi connectivity index (χ3n) is 4.72. The lowest BCUT2D eigenvalue weighted by molar-refractivity contribution is -0.137. The number of hydrogen-bond donors (Lipinski definition) is 2. The van der Waals surface area contributed by atoms with Crippen molar-refractivity contribution in [3.8, 4) is 0 Å². The number of furan rings is 1. The number of hydrogen-bond acceptors (Lipinski definition) is 6. The molecule has 3 rings (SSSR count). The fourth-order valence-corrected chi connectivity index (χ4v) is 3.07. The Kier molecular flexibility index (Phi) is 6.28. The van der Waals surface area contributed by atoms with Crippen molar-refractivity contribution in [2.45, 2.75) is 12.8 Å². The standard InChI is InChI=1S/C20H21N3O6/c21-18(25)13-7-9-23(10-8-13)17(24)12-29-20(27)14-4-1-2-5-15(14)22-19(26)16-6-3-11-28-16/h1-6,11,13H,7-10,12H2,(H2,21,25)(H,22,26). The summed E-state index contributed by atoms with van der Waals surface area (Å²) in [4.78, 5) is 49.6. The van der Waals surface area contributed by atoms with Crippen molar-refractivity contribution in [3.63, 3.8) is 0 Å². The van der Waals surface area contributed by atoms with E-state index in [1.807, 2.05) is 0 Å². The fourth-order valence-electron chi connectivity index (χ4n) is 3.07. The average molecular weight is 399 g/mol. The predicted octanol–water partition coefficient (Wildman–Crippen LogP) is 1.41. The highest BCUT2D eigenvalue weighted by Gasteiger charge is 2.26. The SMILES string of the molecule is NC(=O)C1CCN(C(=O)COC(=O)c2ccccc2NC(=O)c2ccco2)CC1. The summed E-state index contributed by atoms with van der Waals surface area (Å²) in [7, 11) is 0. The molecule has 0 atom stereocenters. The van der Waals surface area contributed by atoms with E-state index in [9.17, 15) is 19.2 Å². The van der Waals surface area contributed by atoms with Crippen molar-refractivity contribution in [1.29, 1.82) is 0 Å². The molecule has 3 N–H and O–H groups in total. The van der Waals surface area contributed by atoms with Gasteiger partial charge >= 0.3 is 5.97 Å². The van der Waals surface area contributed by atoms with E-state index in [0.717, 1.165) is 0 Å². The van der Waals surface area contributed by atoms with Crippen LogP contribution in [-0.2, 0) is 14.3 Å². The molecule has 2 heterocycles. The number of rotatable bonds is 6. The number of carbonyl (C=O) groups is 4. The molecular weight excluding hydrogens is 378 g/mol. The summed E-state index contributed by atoms with van der Waals surface area (Å²) in [5, 5.41) is 2.59. The van der Waals surface area contributed by atoms with Crippen LogP contribution in [0.3, 0.4) is 0 Å². The summed E-state index contributed by atoms with van der Waals surface area (Å²) >= 11 is 0. The number of ether oxygens (including phenoxy) is 1. The van der Waals surface area contributed by atoms with Crippen molar-refractivity contribution >= 4 is 29.4 Å². The quantitative estimate of drug-likeness (QED) is 0.706. The smallest absolute Gasteiger partial charge is 0.340 e. The molecule has 0 saturated carbocycles. The molecule has 1 aromatic heterocycles. The van der Waals surface area contributed by atoms with Gasteiger partial charge in [-0.25, -0.2) is 4.79 Å².